The lowest BCUT2D eigenvalue weighted by molar-refractivity contribution is 0.387. The Morgan fingerprint density at radius 3 is 2.61 bits per heavy atom. The van der Waals surface area contributed by atoms with Crippen LogP contribution < -0.4 is 16.4 Å². The van der Waals surface area contributed by atoms with E-state index < -0.39 is 5.82 Å². The van der Waals surface area contributed by atoms with E-state index in [0.717, 1.165) is 19.4 Å². The Bertz CT molecular complexity index is 464. The summed E-state index contributed by atoms with van der Waals surface area (Å²) in [6.07, 6.45) is 2.18. The number of piperidine rings is 1. The molecular formula is C13H19ClFN3. The molecule has 1 heterocycles. The monoisotopic (exact) mass is 271 g/mol. The van der Waals surface area contributed by atoms with Gasteiger partial charge in [0.15, 0.2) is 5.82 Å². The Morgan fingerprint density at radius 1 is 1.28 bits per heavy atom. The number of benzene rings is 1. The van der Waals surface area contributed by atoms with Crippen LogP contribution in [0, 0.1) is 11.7 Å². The van der Waals surface area contributed by atoms with Gasteiger partial charge in [-0.2, -0.15) is 0 Å². The molecule has 2 rings (SSSR count). The van der Waals surface area contributed by atoms with Crippen LogP contribution in [-0.4, -0.2) is 12.6 Å². The number of halogens is 2. The van der Waals surface area contributed by atoms with Crippen molar-refractivity contribution in [3.63, 3.8) is 0 Å². The van der Waals surface area contributed by atoms with Gasteiger partial charge in [-0.3, -0.25) is 0 Å². The molecule has 1 saturated heterocycles. The quantitative estimate of drug-likeness (QED) is 0.771. The summed E-state index contributed by atoms with van der Waals surface area (Å²) in [6, 6.07) is 1.80. The largest absolute Gasteiger partial charge is 0.397 e. The van der Waals surface area contributed by atoms with Crippen LogP contribution in [0.25, 0.3) is 0 Å². The lowest BCUT2D eigenvalue weighted by Crippen LogP contribution is -2.42. The van der Waals surface area contributed by atoms with Crippen LogP contribution in [-0.2, 0) is 0 Å². The molecule has 1 aromatic carbocycles. The zero-order valence-corrected chi connectivity index (χ0v) is 11.5. The maximum absolute atomic E-state index is 14.3. The fraction of sp³-hybridized carbons (Fsp3) is 0.538. The van der Waals surface area contributed by atoms with Gasteiger partial charge in [0, 0.05) is 12.6 Å². The van der Waals surface area contributed by atoms with Crippen LogP contribution in [0.2, 0.25) is 5.02 Å². The minimum absolute atomic E-state index is 0.0374. The van der Waals surface area contributed by atoms with Crippen molar-refractivity contribution in [2.45, 2.75) is 32.7 Å². The van der Waals surface area contributed by atoms with E-state index in [1.54, 1.807) is 0 Å². The summed E-state index contributed by atoms with van der Waals surface area (Å²) in [5.74, 6) is 0.0199. The zero-order valence-electron chi connectivity index (χ0n) is 10.7. The second-order valence-corrected chi connectivity index (χ2v) is 5.59. The molecule has 2 unspecified atom stereocenters. The molecule has 18 heavy (non-hydrogen) atoms. The number of nitrogens with zero attached hydrogens (tertiary/aromatic N) is 1. The summed E-state index contributed by atoms with van der Waals surface area (Å²) in [5.41, 5.74) is 12.5. The predicted molar refractivity (Wildman–Crippen MR) is 75.4 cm³/mol. The van der Waals surface area contributed by atoms with E-state index >= 15 is 0 Å². The van der Waals surface area contributed by atoms with Gasteiger partial charge in [-0.15, -0.1) is 0 Å². The molecular weight excluding hydrogens is 253 g/mol. The van der Waals surface area contributed by atoms with E-state index in [9.17, 15) is 4.39 Å². The smallest absolute Gasteiger partial charge is 0.169 e. The molecule has 1 aromatic rings. The Balaban J connectivity index is 2.46. The van der Waals surface area contributed by atoms with Crippen LogP contribution in [0.3, 0.4) is 0 Å². The molecule has 0 aliphatic carbocycles. The molecule has 1 aliphatic heterocycles. The number of nitrogen functional groups attached to an aromatic ring is 2. The Labute approximate surface area is 112 Å². The van der Waals surface area contributed by atoms with Crippen molar-refractivity contribution in [1.82, 2.24) is 0 Å². The van der Waals surface area contributed by atoms with Crippen molar-refractivity contribution in [3.05, 3.63) is 16.9 Å². The highest BCUT2D eigenvalue weighted by Crippen LogP contribution is 2.39. The van der Waals surface area contributed by atoms with Crippen LogP contribution in [0.5, 0.6) is 0 Å². The van der Waals surface area contributed by atoms with E-state index in [2.05, 4.69) is 13.8 Å². The van der Waals surface area contributed by atoms with E-state index in [1.165, 1.54) is 6.07 Å². The third-order valence-corrected chi connectivity index (χ3v) is 4.03. The number of rotatable bonds is 1. The molecule has 0 saturated carbocycles. The van der Waals surface area contributed by atoms with Crippen LogP contribution in [0.1, 0.15) is 26.7 Å². The Morgan fingerprint density at radius 2 is 1.94 bits per heavy atom. The average Bonchev–Trinajstić information content (AvgIpc) is 2.31. The minimum atomic E-state index is -0.505. The summed E-state index contributed by atoms with van der Waals surface area (Å²) in [5, 5.41) is -0.0374. The van der Waals surface area contributed by atoms with E-state index in [1.807, 2.05) is 4.90 Å². The van der Waals surface area contributed by atoms with E-state index in [4.69, 9.17) is 23.1 Å². The molecule has 1 aliphatic rings. The van der Waals surface area contributed by atoms with Gasteiger partial charge in [-0.25, -0.2) is 4.39 Å². The summed E-state index contributed by atoms with van der Waals surface area (Å²) >= 11 is 5.88. The molecule has 0 spiro atoms. The van der Waals surface area contributed by atoms with Crippen molar-refractivity contribution in [2.75, 3.05) is 22.9 Å². The molecule has 3 nitrogen and oxygen atoms in total. The molecule has 2 atom stereocenters. The average molecular weight is 272 g/mol. The number of hydrogen-bond acceptors (Lipinski definition) is 3. The molecule has 5 heteroatoms. The van der Waals surface area contributed by atoms with Crippen molar-refractivity contribution < 1.29 is 4.39 Å². The van der Waals surface area contributed by atoms with Crippen LogP contribution >= 0.6 is 11.6 Å². The van der Waals surface area contributed by atoms with Crippen molar-refractivity contribution in [3.8, 4) is 0 Å². The van der Waals surface area contributed by atoms with Crippen molar-refractivity contribution in [2.24, 2.45) is 5.92 Å². The summed E-state index contributed by atoms with van der Waals surface area (Å²) in [6.45, 7) is 5.03. The first kappa shape index (κ1) is 13.3. The molecule has 0 radical (unpaired) electrons. The van der Waals surface area contributed by atoms with E-state index in [-0.39, 0.29) is 16.8 Å². The van der Waals surface area contributed by atoms with Gasteiger partial charge in [-0.1, -0.05) is 18.5 Å². The predicted octanol–water partition coefficient (Wildman–Crippen LogP) is 3.27. The third kappa shape index (κ3) is 2.21. The molecule has 0 aromatic heterocycles. The van der Waals surface area contributed by atoms with Crippen LogP contribution in [0.4, 0.5) is 21.5 Å². The highest BCUT2D eigenvalue weighted by Gasteiger charge is 2.28. The first-order valence-electron chi connectivity index (χ1n) is 6.21. The molecule has 100 valence electrons. The highest BCUT2D eigenvalue weighted by atomic mass is 35.5. The molecule has 0 amide bonds. The van der Waals surface area contributed by atoms with Gasteiger partial charge in [0.25, 0.3) is 0 Å². The number of nitrogens with two attached hydrogens (primary N) is 2. The fourth-order valence-electron chi connectivity index (χ4n) is 2.55. The first-order chi connectivity index (χ1) is 8.41. The zero-order chi connectivity index (χ0) is 13.4. The standard InChI is InChI=1S/C13H19ClFN3/c1-7-3-4-8(2)18(6-7)13-10(17)5-9(16)11(14)12(13)15/h5,7-8H,3-4,6,16-17H2,1-2H3. The van der Waals surface area contributed by atoms with Gasteiger partial charge >= 0.3 is 0 Å². The van der Waals surface area contributed by atoms with Gasteiger partial charge < -0.3 is 16.4 Å². The van der Waals surface area contributed by atoms with E-state index in [0.29, 0.717) is 17.3 Å². The summed E-state index contributed by atoms with van der Waals surface area (Å²) in [7, 11) is 0. The number of hydrogen-bond donors (Lipinski definition) is 2. The minimum Gasteiger partial charge on any atom is -0.397 e. The molecule has 4 N–H and O–H groups in total. The summed E-state index contributed by atoms with van der Waals surface area (Å²) in [4.78, 5) is 2.00. The maximum Gasteiger partial charge on any atom is 0.169 e. The van der Waals surface area contributed by atoms with Crippen LogP contribution in [0.15, 0.2) is 6.07 Å². The molecule has 1 fully saturated rings. The Hall–Kier alpha value is -1.16. The molecule has 0 bridgehead atoms. The lowest BCUT2D eigenvalue weighted by atomic mass is 9.94. The van der Waals surface area contributed by atoms with Crippen molar-refractivity contribution in [1.29, 1.82) is 0 Å². The normalized spacial score (nSPS) is 24.3. The van der Waals surface area contributed by atoms with Gasteiger partial charge in [0.05, 0.1) is 17.1 Å². The second kappa shape index (κ2) is 4.84. The summed E-state index contributed by atoms with van der Waals surface area (Å²) < 4.78 is 14.3. The second-order valence-electron chi connectivity index (χ2n) is 5.22. The highest BCUT2D eigenvalue weighted by molar-refractivity contribution is 6.33. The van der Waals surface area contributed by atoms with Gasteiger partial charge in [-0.05, 0) is 31.7 Å². The van der Waals surface area contributed by atoms with Gasteiger partial charge in [0.2, 0.25) is 0 Å². The SMILES string of the molecule is CC1CCC(C)N(c2c(N)cc(N)c(Cl)c2F)C1. The first-order valence-corrected chi connectivity index (χ1v) is 6.59. The maximum atomic E-state index is 14.3. The van der Waals surface area contributed by atoms with Crippen molar-refractivity contribution >= 4 is 28.7 Å². The fourth-order valence-corrected chi connectivity index (χ4v) is 2.69. The van der Waals surface area contributed by atoms with Gasteiger partial charge in [0.1, 0.15) is 5.02 Å². The topological polar surface area (TPSA) is 55.3 Å². The Kier molecular flexibility index (Phi) is 3.57. The lowest BCUT2D eigenvalue weighted by Gasteiger charge is -2.39. The third-order valence-electron chi connectivity index (χ3n) is 3.64. The number of anilines is 3.